The summed E-state index contributed by atoms with van der Waals surface area (Å²) in [5, 5.41) is 3.24. The highest BCUT2D eigenvalue weighted by molar-refractivity contribution is 7.89. The number of hydrogen-bond acceptors (Lipinski definition) is 4. The average Bonchev–Trinajstić information content (AvgIpc) is 2.68. The summed E-state index contributed by atoms with van der Waals surface area (Å²) >= 11 is 0. The predicted molar refractivity (Wildman–Crippen MR) is 97.2 cm³/mol. The summed E-state index contributed by atoms with van der Waals surface area (Å²) in [5.74, 6) is -0.279. The molecule has 0 bridgehead atoms. The molecule has 1 heterocycles. The number of sulfonamides is 1. The standard InChI is InChI=1S/C19H22N2O3S/c1-21(16-11-13-20-14-12-16)25(23,24)18-10-6-5-9-17(18)19(22)15-7-3-2-4-8-15/h2-10,16,20H,11-14H2,1H3. The molecular weight excluding hydrogens is 336 g/mol. The molecule has 1 fully saturated rings. The minimum atomic E-state index is -3.74. The Balaban J connectivity index is 1.98. The lowest BCUT2D eigenvalue weighted by Gasteiger charge is -2.31. The van der Waals surface area contributed by atoms with Gasteiger partial charge >= 0.3 is 0 Å². The van der Waals surface area contributed by atoms with Crippen molar-refractivity contribution in [3.05, 3.63) is 65.7 Å². The number of carbonyl (C=O) groups excluding carboxylic acids is 1. The van der Waals surface area contributed by atoms with Gasteiger partial charge in [-0.1, -0.05) is 42.5 Å². The van der Waals surface area contributed by atoms with Crippen molar-refractivity contribution >= 4 is 15.8 Å². The van der Waals surface area contributed by atoms with Gasteiger partial charge in [0, 0.05) is 24.2 Å². The maximum Gasteiger partial charge on any atom is 0.243 e. The van der Waals surface area contributed by atoms with Crippen LogP contribution in [0, 0.1) is 0 Å². The van der Waals surface area contributed by atoms with Crippen LogP contribution < -0.4 is 5.32 Å². The van der Waals surface area contributed by atoms with Gasteiger partial charge in [-0.2, -0.15) is 4.31 Å². The molecule has 25 heavy (non-hydrogen) atoms. The van der Waals surface area contributed by atoms with E-state index in [1.165, 1.54) is 10.4 Å². The number of rotatable bonds is 5. The van der Waals surface area contributed by atoms with Crippen molar-refractivity contribution in [3.8, 4) is 0 Å². The topological polar surface area (TPSA) is 66.5 Å². The van der Waals surface area contributed by atoms with Crippen LogP contribution in [0.5, 0.6) is 0 Å². The van der Waals surface area contributed by atoms with Gasteiger partial charge in [-0.15, -0.1) is 0 Å². The fourth-order valence-corrected chi connectivity index (χ4v) is 4.75. The number of benzene rings is 2. The lowest BCUT2D eigenvalue weighted by atomic mass is 10.0. The Hall–Kier alpha value is -2.02. The van der Waals surface area contributed by atoms with Crippen molar-refractivity contribution in [2.75, 3.05) is 20.1 Å². The monoisotopic (exact) mass is 358 g/mol. The Morgan fingerprint density at radius 1 is 1.00 bits per heavy atom. The molecule has 0 radical (unpaired) electrons. The Kier molecular flexibility index (Phi) is 5.32. The van der Waals surface area contributed by atoms with Crippen molar-refractivity contribution in [2.45, 2.75) is 23.8 Å². The van der Waals surface area contributed by atoms with Gasteiger partial charge in [-0.05, 0) is 38.1 Å². The molecule has 1 aliphatic rings. The minimum absolute atomic E-state index is 0.0499. The molecule has 0 aliphatic carbocycles. The van der Waals surface area contributed by atoms with Crippen LogP contribution in [0.1, 0.15) is 28.8 Å². The summed E-state index contributed by atoms with van der Waals surface area (Å²) in [6.07, 6.45) is 1.54. The van der Waals surface area contributed by atoms with Crippen molar-refractivity contribution in [1.82, 2.24) is 9.62 Å². The van der Waals surface area contributed by atoms with Crippen LogP contribution in [0.25, 0.3) is 0 Å². The second-order valence-electron chi connectivity index (χ2n) is 6.19. The maximum absolute atomic E-state index is 13.1. The predicted octanol–water partition coefficient (Wildman–Crippen LogP) is 2.29. The number of nitrogens with zero attached hydrogens (tertiary/aromatic N) is 1. The highest BCUT2D eigenvalue weighted by Crippen LogP contribution is 2.25. The number of piperidine rings is 1. The molecule has 1 saturated heterocycles. The van der Waals surface area contributed by atoms with Crippen LogP contribution in [0.15, 0.2) is 59.5 Å². The highest BCUT2D eigenvalue weighted by Gasteiger charge is 2.31. The molecule has 6 heteroatoms. The van der Waals surface area contributed by atoms with Gasteiger partial charge in [0.1, 0.15) is 0 Å². The molecule has 5 nitrogen and oxygen atoms in total. The normalized spacial score (nSPS) is 16.1. The highest BCUT2D eigenvalue weighted by atomic mass is 32.2. The number of nitrogens with one attached hydrogen (secondary N) is 1. The van der Waals surface area contributed by atoms with E-state index in [-0.39, 0.29) is 22.3 Å². The third kappa shape index (κ3) is 3.66. The third-order valence-electron chi connectivity index (χ3n) is 4.65. The molecule has 0 saturated carbocycles. The summed E-state index contributed by atoms with van der Waals surface area (Å²) in [6, 6.07) is 15.2. The van der Waals surface area contributed by atoms with Crippen molar-refractivity contribution in [3.63, 3.8) is 0 Å². The molecular formula is C19H22N2O3S. The number of carbonyl (C=O) groups is 1. The number of hydrogen-bond donors (Lipinski definition) is 1. The van der Waals surface area contributed by atoms with Gasteiger partial charge in [0.15, 0.2) is 5.78 Å². The molecule has 0 aromatic heterocycles. The molecule has 2 aromatic rings. The molecule has 3 rings (SSSR count). The molecule has 0 atom stereocenters. The van der Waals surface area contributed by atoms with Gasteiger partial charge in [-0.3, -0.25) is 4.79 Å². The maximum atomic E-state index is 13.1. The van der Waals surface area contributed by atoms with Gasteiger partial charge < -0.3 is 5.32 Å². The van der Waals surface area contributed by atoms with Gasteiger partial charge in [0.2, 0.25) is 10.0 Å². The van der Waals surface area contributed by atoms with Crippen LogP contribution in [0.3, 0.4) is 0 Å². The fraction of sp³-hybridized carbons (Fsp3) is 0.316. The van der Waals surface area contributed by atoms with Gasteiger partial charge in [-0.25, -0.2) is 8.42 Å². The van der Waals surface area contributed by atoms with E-state index >= 15 is 0 Å². The Morgan fingerprint density at radius 2 is 1.60 bits per heavy atom. The van der Waals surface area contributed by atoms with Crippen LogP contribution in [0.2, 0.25) is 0 Å². The van der Waals surface area contributed by atoms with Crippen molar-refractivity contribution in [2.24, 2.45) is 0 Å². The fourth-order valence-electron chi connectivity index (χ4n) is 3.15. The first-order chi connectivity index (χ1) is 12.0. The average molecular weight is 358 g/mol. The molecule has 1 aliphatic heterocycles. The van der Waals surface area contributed by atoms with E-state index in [9.17, 15) is 13.2 Å². The summed E-state index contributed by atoms with van der Waals surface area (Å²) in [6.45, 7) is 1.60. The largest absolute Gasteiger partial charge is 0.317 e. The molecule has 0 unspecified atom stereocenters. The third-order valence-corrected chi connectivity index (χ3v) is 6.62. The van der Waals surface area contributed by atoms with Crippen LogP contribution in [-0.2, 0) is 10.0 Å². The smallest absolute Gasteiger partial charge is 0.243 e. The van der Waals surface area contributed by atoms with Crippen LogP contribution in [-0.4, -0.2) is 44.7 Å². The summed E-state index contributed by atoms with van der Waals surface area (Å²) in [4.78, 5) is 12.9. The quantitative estimate of drug-likeness (QED) is 0.833. The lowest BCUT2D eigenvalue weighted by Crippen LogP contribution is -2.44. The summed E-state index contributed by atoms with van der Waals surface area (Å²) < 4.78 is 27.7. The first kappa shape index (κ1) is 17.8. The molecule has 1 N–H and O–H groups in total. The zero-order chi connectivity index (χ0) is 17.9. The number of ketones is 1. The first-order valence-electron chi connectivity index (χ1n) is 8.39. The van der Waals surface area contributed by atoms with Crippen molar-refractivity contribution < 1.29 is 13.2 Å². The van der Waals surface area contributed by atoms with E-state index in [0.29, 0.717) is 5.56 Å². The zero-order valence-electron chi connectivity index (χ0n) is 14.2. The Labute approximate surface area is 148 Å². The zero-order valence-corrected chi connectivity index (χ0v) is 15.0. The lowest BCUT2D eigenvalue weighted by molar-refractivity contribution is 0.103. The Bertz CT molecular complexity index is 844. The van der Waals surface area contributed by atoms with E-state index in [0.717, 1.165) is 25.9 Å². The van der Waals surface area contributed by atoms with Crippen molar-refractivity contribution in [1.29, 1.82) is 0 Å². The van der Waals surface area contributed by atoms with E-state index < -0.39 is 10.0 Å². The van der Waals surface area contributed by atoms with Crippen LogP contribution >= 0.6 is 0 Å². The van der Waals surface area contributed by atoms with Crippen LogP contribution in [0.4, 0.5) is 0 Å². The van der Waals surface area contributed by atoms with Gasteiger partial charge in [0.25, 0.3) is 0 Å². The second-order valence-corrected chi connectivity index (χ2v) is 8.16. The Morgan fingerprint density at radius 3 is 2.28 bits per heavy atom. The second kappa shape index (κ2) is 7.47. The van der Waals surface area contributed by atoms with Gasteiger partial charge in [0.05, 0.1) is 4.90 Å². The van der Waals surface area contributed by atoms with E-state index in [1.54, 1.807) is 49.5 Å². The SMILES string of the molecule is CN(C1CCNCC1)S(=O)(=O)c1ccccc1C(=O)c1ccccc1. The minimum Gasteiger partial charge on any atom is -0.317 e. The molecule has 2 aromatic carbocycles. The molecule has 0 spiro atoms. The molecule has 132 valence electrons. The molecule has 0 amide bonds. The summed E-state index contributed by atoms with van der Waals surface area (Å²) in [5.41, 5.74) is 0.698. The van der Waals surface area contributed by atoms with E-state index in [1.807, 2.05) is 6.07 Å². The van der Waals surface area contributed by atoms with E-state index in [2.05, 4.69) is 5.32 Å². The summed E-state index contributed by atoms with van der Waals surface area (Å²) in [7, 11) is -2.13. The first-order valence-corrected chi connectivity index (χ1v) is 9.83. The van der Waals surface area contributed by atoms with E-state index in [4.69, 9.17) is 0 Å².